The predicted octanol–water partition coefficient (Wildman–Crippen LogP) is 0.961. The zero-order chi connectivity index (χ0) is 12.3. The number of hydrogen-bond donors (Lipinski definition) is 3. The first-order chi connectivity index (χ1) is 8.15. The predicted molar refractivity (Wildman–Crippen MR) is 68.5 cm³/mol. The van der Waals surface area contributed by atoms with Crippen molar-refractivity contribution in [3.8, 4) is 0 Å². The van der Waals surface area contributed by atoms with Crippen LogP contribution in [-0.4, -0.2) is 30.1 Å². The van der Waals surface area contributed by atoms with E-state index in [1.54, 1.807) is 0 Å². The molecule has 2 unspecified atom stereocenters. The van der Waals surface area contributed by atoms with Gasteiger partial charge in [-0.3, -0.25) is 4.79 Å². The number of nitrogens with one attached hydrogen (secondary N) is 2. The van der Waals surface area contributed by atoms with E-state index < -0.39 is 6.10 Å². The van der Waals surface area contributed by atoms with Gasteiger partial charge in [0.2, 0.25) is 5.91 Å². The molecule has 3 N–H and O–H groups in total. The third-order valence-corrected chi connectivity index (χ3v) is 3.30. The van der Waals surface area contributed by atoms with Crippen LogP contribution in [0.25, 0.3) is 0 Å². The Balaban J connectivity index is 1.85. The van der Waals surface area contributed by atoms with E-state index in [2.05, 4.69) is 26.6 Å². The van der Waals surface area contributed by atoms with Crippen LogP contribution in [0.4, 0.5) is 0 Å². The highest BCUT2D eigenvalue weighted by Crippen LogP contribution is 2.17. The lowest BCUT2D eigenvalue weighted by atomic mass is 10.1. The van der Waals surface area contributed by atoms with Crippen LogP contribution in [0.1, 0.15) is 18.1 Å². The van der Waals surface area contributed by atoms with Gasteiger partial charge in [0.15, 0.2) is 0 Å². The maximum absolute atomic E-state index is 11.0. The Labute approximate surface area is 109 Å². The van der Waals surface area contributed by atoms with Gasteiger partial charge in [0.05, 0.1) is 6.10 Å². The molecule has 0 radical (unpaired) electrons. The molecule has 1 amide bonds. The third-order valence-electron chi connectivity index (χ3n) is 2.81. The quantitative estimate of drug-likeness (QED) is 0.776. The molecule has 1 aliphatic rings. The summed E-state index contributed by atoms with van der Waals surface area (Å²) < 4.78 is 0.951. The van der Waals surface area contributed by atoms with Crippen molar-refractivity contribution >= 4 is 21.8 Å². The summed E-state index contributed by atoms with van der Waals surface area (Å²) in [6, 6.07) is 7.72. The Kier molecular flexibility index (Phi) is 4.15. The van der Waals surface area contributed by atoms with E-state index in [4.69, 9.17) is 0 Å². The summed E-state index contributed by atoms with van der Waals surface area (Å²) in [5.41, 5.74) is 0.865. The molecule has 1 fully saturated rings. The zero-order valence-corrected chi connectivity index (χ0v) is 10.9. The molecular weight excluding hydrogens is 284 g/mol. The molecule has 1 aromatic carbocycles. The smallest absolute Gasteiger partial charge is 0.221 e. The van der Waals surface area contributed by atoms with Crippen molar-refractivity contribution in [3.63, 3.8) is 0 Å². The number of rotatable bonds is 4. The topological polar surface area (TPSA) is 61.4 Å². The van der Waals surface area contributed by atoms with Crippen molar-refractivity contribution in [2.75, 3.05) is 13.1 Å². The summed E-state index contributed by atoms with van der Waals surface area (Å²) in [4.78, 5) is 11.0. The second-order valence-corrected chi connectivity index (χ2v) is 5.10. The minimum atomic E-state index is -0.553. The number of carbonyl (C=O) groups excluding carboxylic acids is 1. The van der Waals surface area contributed by atoms with E-state index in [1.807, 2.05) is 24.3 Å². The van der Waals surface area contributed by atoms with Gasteiger partial charge in [-0.1, -0.05) is 28.1 Å². The van der Waals surface area contributed by atoms with Crippen LogP contribution in [0.3, 0.4) is 0 Å². The van der Waals surface area contributed by atoms with Crippen molar-refractivity contribution < 1.29 is 9.90 Å². The molecule has 17 heavy (non-hydrogen) atoms. The Morgan fingerprint density at radius 1 is 1.59 bits per heavy atom. The molecule has 1 heterocycles. The highest BCUT2D eigenvalue weighted by molar-refractivity contribution is 9.10. The summed E-state index contributed by atoms with van der Waals surface area (Å²) in [5.74, 6) is 0.0689. The molecular formula is C12H15BrN2O2. The van der Waals surface area contributed by atoms with E-state index in [-0.39, 0.29) is 11.9 Å². The summed E-state index contributed by atoms with van der Waals surface area (Å²) in [7, 11) is 0. The second-order valence-electron chi connectivity index (χ2n) is 4.18. The van der Waals surface area contributed by atoms with Crippen molar-refractivity contribution in [2.45, 2.75) is 18.6 Å². The van der Waals surface area contributed by atoms with Crippen molar-refractivity contribution in [1.29, 1.82) is 0 Å². The van der Waals surface area contributed by atoms with Gasteiger partial charge in [-0.05, 0) is 17.7 Å². The van der Waals surface area contributed by atoms with Gasteiger partial charge in [0.1, 0.15) is 0 Å². The first-order valence-corrected chi connectivity index (χ1v) is 6.38. The first kappa shape index (κ1) is 12.5. The second kappa shape index (κ2) is 5.62. The summed E-state index contributed by atoms with van der Waals surface area (Å²) in [6.07, 6.45) is -0.0613. The molecule has 0 spiro atoms. The number of aliphatic hydroxyl groups is 1. The van der Waals surface area contributed by atoms with Crippen LogP contribution in [0.5, 0.6) is 0 Å². The fraction of sp³-hybridized carbons (Fsp3) is 0.417. The molecule has 0 aliphatic carbocycles. The van der Waals surface area contributed by atoms with Crippen LogP contribution < -0.4 is 10.6 Å². The normalized spacial score (nSPS) is 21.3. The van der Waals surface area contributed by atoms with Gasteiger partial charge >= 0.3 is 0 Å². The van der Waals surface area contributed by atoms with Gasteiger partial charge in [0, 0.05) is 30.0 Å². The lowest BCUT2D eigenvalue weighted by Gasteiger charge is -2.15. The van der Waals surface area contributed by atoms with Crippen LogP contribution in [-0.2, 0) is 4.79 Å². The lowest BCUT2D eigenvalue weighted by Crippen LogP contribution is -2.34. The summed E-state index contributed by atoms with van der Waals surface area (Å²) in [6.45, 7) is 1.10. The average Bonchev–Trinajstić information content (AvgIpc) is 2.72. The van der Waals surface area contributed by atoms with E-state index in [1.165, 1.54) is 0 Å². The Morgan fingerprint density at radius 2 is 2.41 bits per heavy atom. The molecule has 1 aliphatic heterocycles. The van der Waals surface area contributed by atoms with Crippen molar-refractivity contribution in [3.05, 3.63) is 34.3 Å². The highest BCUT2D eigenvalue weighted by Gasteiger charge is 2.21. The maximum Gasteiger partial charge on any atom is 0.221 e. The number of aliphatic hydroxyl groups excluding tert-OH is 1. The number of carbonyl (C=O) groups is 1. The van der Waals surface area contributed by atoms with E-state index in [9.17, 15) is 9.90 Å². The van der Waals surface area contributed by atoms with Crippen molar-refractivity contribution in [2.24, 2.45) is 0 Å². The Morgan fingerprint density at radius 3 is 3.06 bits per heavy atom. The Bertz CT molecular complexity index is 411. The number of amides is 1. The van der Waals surface area contributed by atoms with Crippen LogP contribution in [0, 0.1) is 0 Å². The largest absolute Gasteiger partial charge is 0.387 e. The average molecular weight is 299 g/mol. The molecule has 92 valence electrons. The number of halogens is 1. The molecule has 0 aromatic heterocycles. The monoisotopic (exact) mass is 298 g/mol. The first-order valence-electron chi connectivity index (χ1n) is 5.59. The molecule has 2 atom stereocenters. The molecule has 4 nitrogen and oxygen atoms in total. The SMILES string of the molecule is O=C1CC(NCC(O)c2cccc(Br)c2)CN1. The van der Waals surface area contributed by atoms with Crippen molar-refractivity contribution in [1.82, 2.24) is 10.6 Å². The summed E-state index contributed by atoms with van der Waals surface area (Å²) in [5, 5.41) is 15.9. The van der Waals surface area contributed by atoms with E-state index in [0.29, 0.717) is 19.5 Å². The molecule has 2 rings (SSSR count). The number of benzene rings is 1. The maximum atomic E-state index is 11.0. The molecule has 1 saturated heterocycles. The number of hydrogen-bond acceptors (Lipinski definition) is 3. The Hall–Kier alpha value is -0.910. The molecule has 1 aromatic rings. The standard InChI is InChI=1S/C12H15BrN2O2/c13-9-3-1-2-8(4-9)11(16)7-14-10-5-12(17)15-6-10/h1-4,10-11,14,16H,5-7H2,(H,15,17). The minimum absolute atomic E-state index is 0.0689. The van der Waals surface area contributed by atoms with E-state index >= 15 is 0 Å². The van der Waals surface area contributed by atoms with Gasteiger partial charge in [-0.15, -0.1) is 0 Å². The zero-order valence-electron chi connectivity index (χ0n) is 9.32. The summed E-state index contributed by atoms with van der Waals surface area (Å²) >= 11 is 3.37. The fourth-order valence-corrected chi connectivity index (χ4v) is 2.28. The van der Waals surface area contributed by atoms with Crippen LogP contribution >= 0.6 is 15.9 Å². The van der Waals surface area contributed by atoms with Crippen LogP contribution in [0.2, 0.25) is 0 Å². The third kappa shape index (κ3) is 3.52. The van der Waals surface area contributed by atoms with Gasteiger partial charge in [-0.2, -0.15) is 0 Å². The molecule has 0 bridgehead atoms. The van der Waals surface area contributed by atoms with E-state index in [0.717, 1.165) is 10.0 Å². The molecule has 0 saturated carbocycles. The fourth-order valence-electron chi connectivity index (χ4n) is 1.86. The molecule has 5 heteroatoms. The highest BCUT2D eigenvalue weighted by atomic mass is 79.9. The minimum Gasteiger partial charge on any atom is -0.387 e. The van der Waals surface area contributed by atoms with Gasteiger partial charge in [0.25, 0.3) is 0 Å². The van der Waals surface area contributed by atoms with Crippen LogP contribution in [0.15, 0.2) is 28.7 Å². The van der Waals surface area contributed by atoms with Gasteiger partial charge in [-0.25, -0.2) is 0 Å². The lowest BCUT2D eigenvalue weighted by molar-refractivity contribution is -0.119. The van der Waals surface area contributed by atoms with Gasteiger partial charge < -0.3 is 15.7 Å².